The topological polar surface area (TPSA) is 72.9 Å². The summed E-state index contributed by atoms with van der Waals surface area (Å²) in [6.45, 7) is 0. The summed E-state index contributed by atoms with van der Waals surface area (Å²) < 4.78 is 1.96. The van der Waals surface area contributed by atoms with Gasteiger partial charge in [-0.15, -0.1) is 0 Å². The molecule has 20 heavy (non-hydrogen) atoms. The highest BCUT2D eigenvalue weighted by Gasteiger charge is 2.26. The van der Waals surface area contributed by atoms with E-state index < -0.39 is 6.04 Å². The molecule has 1 amide bonds. The number of rotatable bonds is 3. The highest BCUT2D eigenvalue weighted by molar-refractivity contribution is 5.83. The second-order valence-electron chi connectivity index (χ2n) is 5.07. The maximum Gasteiger partial charge on any atom is 0.261 e. The lowest BCUT2D eigenvalue weighted by Gasteiger charge is -2.21. The van der Waals surface area contributed by atoms with E-state index in [4.69, 9.17) is 5.84 Å². The van der Waals surface area contributed by atoms with Crippen LogP contribution in [0.15, 0.2) is 36.7 Å². The molecule has 1 aromatic carbocycles. The molecule has 5 nitrogen and oxygen atoms in total. The van der Waals surface area contributed by atoms with Gasteiger partial charge in [0.2, 0.25) is 0 Å². The second-order valence-corrected chi connectivity index (χ2v) is 5.07. The molecule has 1 aliphatic rings. The number of carbonyl (C=O) groups excluding carboxylic acids is 1. The van der Waals surface area contributed by atoms with Gasteiger partial charge in [0.05, 0.1) is 12.0 Å². The SMILES string of the molecule is NNC(=O)C(c1ccccc1)n1cnc2c1CCCC2. The molecule has 5 heteroatoms. The molecule has 0 fully saturated rings. The van der Waals surface area contributed by atoms with Crippen LogP contribution in [0.1, 0.15) is 35.8 Å². The predicted molar refractivity (Wildman–Crippen MR) is 75.8 cm³/mol. The number of nitrogens with zero attached hydrogens (tertiary/aromatic N) is 2. The van der Waals surface area contributed by atoms with Gasteiger partial charge in [0.25, 0.3) is 5.91 Å². The number of benzene rings is 1. The number of imidazole rings is 1. The van der Waals surface area contributed by atoms with Gasteiger partial charge in [0.15, 0.2) is 0 Å². The first-order valence-electron chi connectivity index (χ1n) is 6.91. The molecule has 0 spiro atoms. The summed E-state index contributed by atoms with van der Waals surface area (Å²) >= 11 is 0. The molecule has 2 aromatic rings. The van der Waals surface area contributed by atoms with Crippen molar-refractivity contribution >= 4 is 5.91 Å². The molecule has 1 unspecified atom stereocenters. The highest BCUT2D eigenvalue weighted by Crippen LogP contribution is 2.26. The average molecular weight is 270 g/mol. The molecule has 0 aliphatic heterocycles. The first-order valence-corrected chi connectivity index (χ1v) is 6.91. The van der Waals surface area contributed by atoms with Crippen LogP contribution in [0.3, 0.4) is 0 Å². The minimum Gasteiger partial charge on any atom is -0.318 e. The second kappa shape index (κ2) is 5.46. The average Bonchev–Trinajstić information content (AvgIpc) is 2.92. The van der Waals surface area contributed by atoms with Crippen molar-refractivity contribution < 1.29 is 4.79 Å². The van der Waals surface area contributed by atoms with Crippen molar-refractivity contribution in [2.75, 3.05) is 0 Å². The third kappa shape index (κ3) is 2.20. The Labute approximate surface area is 117 Å². The summed E-state index contributed by atoms with van der Waals surface area (Å²) in [7, 11) is 0. The number of amides is 1. The van der Waals surface area contributed by atoms with Gasteiger partial charge in [-0.3, -0.25) is 10.2 Å². The number of fused-ring (bicyclic) bond motifs is 1. The van der Waals surface area contributed by atoms with Gasteiger partial charge < -0.3 is 4.57 Å². The molecule has 3 N–H and O–H groups in total. The molecule has 104 valence electrons. The van der Waals surface area contributed by atoms with Gasteiger partial charge >= 0.3 is 0 Å². The lowest BCUT2D eigenvalue weighted by Crippen LogP contribution is -2.38. The van der Waals surface area contributed by atoms with E-state index in [0.29, 0.717) is 0 Å². The van der Waals surface area contributed by atoms with Crippen LogP contribution >= 0.6 is 0 Å². The van der Waals surface area contributed by atoms with Crippen LogP contribution < -0.4 is 11.3 Å². The van der Waals surface area contributed by atoms with Crippen LogP contribution in [0.25, 0.3) is 0 Å². The fourth-order valence-corrected chi connectivity index (χ4v) is 2.87. The monoisotopic (exact) mass is 270 g/mol. The molecule has 0 saturated heterocycles. The van der Waals surface area contributed by atoms with Crippen LogP contribution in [0.4, 0.5) is 0 Å². The third-order valence-electron chi connectivity index (χ3n) is 3.84. The molecule has 0 radical (unpaired) electrons. The number of nitrogens with two attached hydrogens (primary N) is 1. The van der Waals surface area contributed by atoms with Crippen LogP contribution in [0.2, 0.25) is 0 Å². The van der Waals surface area contributed by atoms with Crippen molar-refractivity contribution in [3.63, 3.8) is 0 Å². The predicted octanol–water partition coefficient (Wildman–Crippen LogP) is 1.34. The number of nitrogens with one attached hydrogen (secondary N) is 1. The van der Waals surface area contributed by atoms with Gasteiger partial charge in [-0.25, -0.2) is 10.8 Å². The minimum atomic E-state index is -0.449. The molecular weight excluding hydrogens is 252 g/mol. The number of hydrogen-bond acceptors (Lipinski definition) is 3. The van der Waals surface area contributed by atoms with E-state index >= 15 is 0 Å². The maximum absolute atomic E-state index is 12.2. The standard InChI is InChI=1S/C15H18N4O/c16-18-15(20)14(11-6-2-1-3-7-11)19-10-17-12-8-4-5-9-13(12)19/h1-3,6-7,10,14H,4-5,8-9,16H2,(H,18,20). The van der Waals surface area contributed by atoms with Crippen LogP contribution in [-0.2, 0) is 17.6 Å². The molecular formula is C15H18N4O. The van der Waals surface area contributed by atoms with Crippen LogP contribution in [0, 0.1) is 0 Å². The zero-order chi connectivity index (χ0) is 13.9. The highest BCUT2D eigenvalue weighted by atomic mass is 16.2. The van der Waals surface area contributed by atoms with Crippen molar-refractivity contribution in [3.05, 3.63) is 53.6 Å². The van der Waals surface area contributed by atoms with Gasteiger partial charge in [-0.2, -0.15) is 0 Å². The number of aromatic nitrogens is 2. The van der Waals surface area contributed by atoms with E-state index in [1.54, 1.807) is 6.33 Å². The van der Waals surface area contributed by atoms with E-state index in [-0.39, 0.29) is 5.91 Å². The minimum absolute atomic E-state index is 0.220. The summed E-state index contributed by atoms with van der Waals surface area (Å²) in [5, 5.41) is 0. The number of hydrogen-bond donors (Lipinski definition) is 2. The Balaban J connectivity index is 2.06. The van der Waals surface area contributed by atoms with Crippen LogP contribution in [0.5, 0.6) is 0 Å². The Morgan fingerprint density at radius 1 is 1.25 bits per heavy atom. The first kappa shape index (κ1) is 12.9. The molecule has 0 saturated carbocycles. The van der Waals surface area contributed by atoms with E-state index in [9.17, 15) is 4.79 Å². The molecule has 1 heterocycles. The zero-order valence-corrected chi connectivity index (χ0v) is 11.2. The molecule has 3 rings (SSSR count). The van der Waals surface area contributed by atoms with E-state index in [2.05, 4.69) is 10.4 Å². The van der Waals surface area contributed by atoms with Crippen molar-refractivity contribution in [2.24, 2.45) is 5.84 Å². The summed E-state index contributed by atoms with van der Waals surface area (Å²) in [5.41, 5.74) is 5.46. The smallest absolute Gasteiger partial charge is 0.261 e. The summed E-state index contributed by atoms with van der Waals surface area (Å²) in [6, 6.07) is 9.22. The Morgan fingerprint density at radius 2 is 2.00 bits per heavy atom. The first-order chi connectivity index (χ1) is 9.81. The molecule has 1 aliphatic carbocycles. The van der Waals surface area contributed by atoms with Crippen molar-refractivity contribution in [1.82, 2.24) is 15.0 Å². The quantitative estimate of drug-likeness (QED) is 0.502. The maximum atomic E-state index is 12.2. The lowest BCUT2D eigenvalue weighted by atomic mass is 9.99. The van der Waals surface area contributed by atoms with Crippen molar-refractivity contribution in [2.45, 2.75) is 31.7 Å². The summed E-state index contributed by atoms with van der Waals surface area (Å²) in [5.74, 6) is 5.14. The van der Waals surface area contributed by atoms with Gasteiger partial charge in [0.1, 0.15) is 6.04 Å². The van der Waals surface area contributed by atoms with Gasteiger partial charge in [-0.05, 0) is 31.2 Å². The summed E-state index contributed by atoms with van der Waals surface area (Å²) in [4.78, 5) is 16.7. The van der Waals surface area contributed by atoms with E-state index in [1.807, 2.05) is 34.9 Å². The van der Waals surface area contributed by atoms with Crippen molar-refractivity contribution in [1.29, 1.82) is 0 Å². The molecule has 1 atom stereocenters. The number of carbonyl (C=O) groups is 1. The van der Waals surface area contributed by atoms with Crippen LogP contribution in [-0.4, -0.2) is 15.5 Å². The Hall–Kier alpha value is -2.14. The Kier molecular flexibility index (Phi) is 3.52. The van der Waals surface area contributed by atoms with Crippen molar-refractivity contribution in [3.8, 4) is 0 Å². The lowest BCUT2D eigenvalue weighted by molar-refractivity contribution is -0.123. The third-order valence-corrected chi connectivity index (χ3v) is 3.84. The summed E-state index contributed by atoms with van der Waals surface area (Å²) in [6.07, 6.45) is 6.04. The molecule has 0 bridgehead atoms. The molecule has 1 aromatic heterocycles. The largest absolute Gasteiger partial charge is 0.318 e. The van der Waals surface area contributed by atoms with E-state index in [1.165, 1.54) is 6.42 Å². The number of aryl methyl sites for hydroxylation is 1. The Bertz CT molecular complexity index is 606. The number of hydrazine groups is 1. The fourth-order valence-electron chi connectivity index (χ4n) is 2.87. The Morgan fingerprint density at radius 3 is 2.75 bits per heavy atom. The zero-order valence-electron chi connectivity index (χ0n) is 11.2. The van der Waals surface area contributed by atoms with E-state index in [0.717, 1.165) is 36.2 Å². The fraction of sp³-hybridized carbons (Fsp3) is 0.333. The normalized spacial score (nSPS) is 15.4. The van der Waals surface area contributed by atoms with Gasteiger partial charge in [0, 0.05) is 5.69 Å². The van der Waals surface area contributed by atoms with Gasteiger partial charge in [-0.1, -0.05) is 30.3 Å².